The summed E-state index contributed by atoms with van der Waals surface area (Å²) in [6.45, 7) is 1.16. The number of halogens is 3. The SMILES string of the molecule is CC(=O)Oc1ccccc1C(=O)Nc1nc(C(F)(F)F)n(C)n1. The number of nitrogens with zero attached hydrogens (tertiary/aromatic N) is 3. The number of para-hydroxylation sites is 1. The average Bonchev–Trinajstić information content (AvgIpc) is 2.79. The van der Waals surface area contributed by atoms with E-state index in [1.54, 1.807) is 0 Å². The van der Waals surface area contributed by atoms with Crippen LogP contribution < -0.4 is 10.1 Å². The van der Waals surface area contributed by atoms with Crippen LogP contribution in [0.4, 0.5) is 19.1 Å². The molecule has 0 spiro atoms. The summed E-state index contributed by atoms with van der Waals surface area (Å²) < 4.78 is 43.3. The normalized spacial score (nSPS) is 11.2. The van der Waals surface area contributed by atoms with Crippen LogP contribution in [0.1, 0.15) is 23.1 Å². The zero-order valence-electron chi connectivity index (χ0n) is 12.0. The molecule has 0 fully saturated rings. The van der Waals surface area contributed by atoms with Crippen LogP contribution in [0.3, 0.4) is 0 Å². The van der Waals surface area contributed by atoms with Crippen molar-refractivity contribution in [2.24, 2.45) is 7.05 Å². The fourth-order valence-corrected chi connectivity index (χ4v) is 1.75. The van der Waals surface area contributed by atoms with E-state index in [0.717, 1.165) is 14.0 Å². The minimum atomic E-state index is -4.69. The van der Waals surface area contributed by atoms with Gasteiger partial charge >= 0.3 is 12.1 Å². The van der Waals surface area contributed by atoms with Crippen molar-refractivity contribution in [3.63, 3.8) is 0 Å². The van der Waals surface area contributed by atoms with Crippen LogP contribution >= 0.6 is 0 Å². The van der Waals surface area contributed by atoms with E-state index in [4.69, 9.17) is 4.74 Å². The zero-order valence-corrected chi connectivity index (χ0v) is 12.0. The van der Waals surface area contributed by atoms with E-state index in [2.05, 4.69) is 15.4 Å². The van der Waals surface area contributed by atoms with Crippen molar-refractivity contribution in [3.05, 3.63) is 35.7 Å². The van der Waals surface area contributed by atoms with Gasteiger partial charge in [0.05, 0.1) is 5.56 Å². The van der Waals surface area contributed by atoms with Gasteiger partial charge in [0.25, 0.3) is 5.91 Å². The lowest BCUT2D eigenvalue weighted by Gasteiger charge is -2.07. The average molecular weight is 328 g/mol. The fraction of sp³-hybridized carbons (Fsp3) is 0.231. The number of aromatic nitrogens is 3. The Labute approximate surface area is 128 Å². The lowest BCUT2D eigenvalue weighted by atomic mass is 10.2. The molecule has 10 heteroatoms. The Balaban J connectivity index is 2.25. The third kappa shape index (κ3) is 3.84. The van der Waals surface area contributed by atoms with Crippen LogP contribution in [-0.4, -0.2) is 26.6 Å². The van der Waals surface area contributed by atoms with E-state index < -0.39 is 29.8 Å². The maximum Gasteiger partial charge on any atom is 0.451 e. The molecule has 0 atom stereocenters. The Morgan fingerprint density at radius 1 is 1.26 bits per heavy atom. The molecule has 1 amide bonds. The van der Waals surface area contributed by atoms with Gasteiger partial charge in [-0.3, -0.25) is 14.9 Å². The summed E-state index contributed by atoms with van der Waals surface area (Å²) in [6.07, 6.45) is -4.69. The number of benzene rings is 1. The molecule has 0 aliphatic rings. The van der Waals surface area contributed by atoms with Gasteiger partial charge in [0, 0.05) is 14.0 Å². The van der Waals surface area contributed by atoms with E-state index in [1.165, 1.54) is 24.3 Å². The van der Waals surface area contributed by atoms with E-state index >= 15 is 0 Å². The molecule has 122 valence electrons. The molecule has 0 saturated carbocycles. The molecule has 1 aromatic heterocycles. The first-order valence-corrected chi connectivity index (χ1v) is 6.25. The number of alkyl halides is 3. The molecule has 1 N–H and O–H groups in total. The highest BCUT2D eigenvalue weighted by atomic mass is 19.4. The maximum absolute atomic E-state index is 12.6. The number of nitrogens with one attached hydrogen (secondary N) is 1. The summed E-state index contributed by atoms with van der Waals surface area (Å²) in [5.74, 6) is -3.23. The molecule has 0 aliphatic heterocycles. The van der Waals surface area contributed by atoms with E-state index in [9.17, 15) is 22.8 Å². The first kappa shape index (κ1) is 16.5. The molecule has 7 nitrogen and oxygen atoms in total. The van der Waals surface area contributed by atoms with Crippen molar-refractivity contribution in [3.8, 4) is 5.75 Å². The molecule has 1 heterocycles. The lowest BCUT2D eigenvalue weighted by Crippen LogP contribution is -2.16. The Morgan fingerprint density at radius 3 is 2.48 bits per heavy atom. The highest BCUT2D eigenvalue weighted by Crippen LogP contribution is 2.28. The Bertz CT molecular complexity index is 755. The monoisotopic (exact) mass is 328 g/mol. The topological polar surface area (TPSA) is 86.1 Å². The smallest absolute Gasteiger partial charge is 0.426 e. The van der Waals surface area contributed by atoms with Gasteiger partial charge in [0.2, 0.25) is 11.8 Å². The minimum Gasteiger partial charge on any atom is -0.426 e. The van der Waals surface area contributed by atoms with Gasteiger partial charge in [0.1, 0.15) is 5.75 Å². The molecule has 0 radical (unpaired) electrons. The quantitative estimate of drug-likeness (QED) is 0.688. The summed E-state index contributed by atoms with van der Waals surface area (Å²) in [5.41, 5.74) is -0.0382. The third-order valence-electron chi connectivity index (χ3n) is 2.63. The zero-order chi connectivity index (χ0) is 17.2. The number of rotatable bonds is 3. The van der Waals surface area contributed by atoms with Gasteiger partial charge < -0.3 is 4.74 Å². The number of esters is 1. The number of amides is 1. The number of ether oxygens (including phenoxy) is 1. The fourth-order valence-electron chi connectivity index (χ4n) is 1.75. The summed E-state index contributed by atoms with van der Waals surface area (Å²) >= 11 is 0. The standard InChI is InChI=1S/C13H11F3N4O3/c1-7(21)23-9-6-4-3-5-8(9)10(22)17-12-18-11(13(14,15)16)20(2)19-12/h3-6H,1-2H3,(H,17,19,22). The third-order valence-corrected chi connectivity index (χ3v) is 2.63. The van der Waals surface area contributed by atoms with Crippen LogP contribution in [0.2, 0.25) is 0 Å². The molecule has 0 aliphatic carbocycles. The van der Waals surface area contributed by atoms with E-state index in [1.807, 2.05) is 0 Å². The van der Waals surface area contributed by atoms with Crippen molar-refractivity contribution < 1.29 is 27.5 Å². The van der Waals surface area contributed by atoms with Crippen molar-refractivity contribution >= 4 is 17.8 Å². The number of carbonyl (C=O) groups excluding carboxylic acids is 2. The largest absolute Gasteiger partial charge is 0.451 e. The maximum atomic E-state index is 12.6. The summed E-state index contributed by atoms with van der Waals surface area (Å²) in [7, 11) is 1.05. The lowest BCUT2D eigenvalue weighted by molar-refractivity contribution is -0.147. The van der Waals surface area contributed by atoms with Crippen molar-refractivity contribution in [2.75, 3.05) is 5.32 Å². The Morgan fingerprint density at radius 2 is 1.91 bits per heavy atom. The van der Waals surface area contributed by atoms with E-state index in [-0.39, 0.29) is 11.3 Å². The van der Waals surface area contributed by atoms with Gasteiger partial charge in [-0.05, 0) is 12.1 Å². The number of hydrogen-bond acceptors (Lipinski definition) is 5. The predicted octanol–water partition coefficient (Wildman–Crippen LogP) is 2.01. The molecule has 0 bridgehead atoms. The summed E-state index contributed by atoms with van der Waals surface area (Å²) in [4.78, 5) is 26.3. The second-order valence-corrected chi connectivity index (χ2v) is 4.42. The number of carbonyl (C=O) groups is 2. The van der Waals surface area contributed by atoms with Gasteiger partial charge in [0.15, 0.2) is 0 Å². The predicted molar refractivity (Wildman–Crippen MR) is 71.7 cm³/mol. The molecular weight excluding hydrogens is 317 g/mol. The molecule has 0 saturated heterocycles. The number of anilines is 1. The van der Waals surface area contributed by atoms with E-state index in [0.29, 0.717) is 4.68 Å². The molecule has 0 unspecified atom stereocenters. The van der Waals surface area contributed by atoms with Gasteiger partial charge in [-0.15, -0.1) is 5.10 Å². The number of aryl methyl sites for hydroxylation is 1. The van der Waals surface area contributed by atoms with Gasteiger partial charge in [-0.1, -0.05) is 12.1 Å². The number of hydrogen-bond donors (Lipinski definition) is 1. The molecule has 1 aromatic carbocycles. The Hall–Kier alpha value is -2.91. The van der Waals surface area contributed by atoms with Crippen molar-refractivity contribution in [2.45, 2.75) is 13.1 Å². The minimum absolute atomic E-state index is 0.0236. The summed E-state index contributed by atoms with van der Waals surface area (Å²) in [5, 5.41) is 5.61. The Kier molecular flexibility index (Phi) is 4.34. The van der Waals surface area contributed by atoms with Crippen LogP contribution in [0.25, 0.3) is 0 Å². The highest BCUT2D eigenvalue weighted by molar-refractivity contribution is 6.05. The van der Waals surface area contributed by atoms with Crippen LogP contribution in [0, 0.1) is 0 Å². The summed E-state index contributed by atoms with van der Waals surface area (Å²) in [6, 6.07) is 5.77. The molecule has 2 aromatic rings. The second-order valence-electron chi connectivity index (χ2n) is 4.42. The van der Waals surface area contributed by atoms with Crippen LogP contribution in [0.5, 0.6) is 5.75 Å². The first-order valence-electron chi connectivity index (χ1n) is 6.25. The molecular formula is C13H11F3N4O3. The molecule has 2 rings (SSSR count). The second kappa shape index (κ2) is 6.07. The van der Waals surface area contributed by atoms with Crippen LogP contribution in [-0.2, 0) is 18.0 Å². The first-order chi connectivity index (χ1) is 10.7. The van der Waals surface area contributed by atoms with Crippen LogP contribution in [0.15, 0.2) is 24.3 Å². The van der Waals surface area contributed by atoms with Gasteiger partial charge in [-0.25, -0.2) is 4.68 Å². The highest BCUT2D eigenvalue weighted by Gasteiger charge is 2.37. The van der Waals surface area contributed by atoms with Crippen molar-refractivity contribution in [1.29, 1.82) is 0 Å². The molecule has 23 heavy (non-hydrogen) atoms. The van der Waals surface area contributed by atoms with Crippen molar-refractivity contribution in [1.82, 2.24) is 14.8 Å². The van der Waals surface area contributed by atoms with Gasteiger partial charge in [-0.2, -0.15) is 18.2 Å².